The van der Waals surface area contributed by atoms with Crippen molar-refractivity contribution >= 4 is 75.4 Å². The minimum Gasteiger partial charge on any atom is -0.479 e. The number of halogens is 5. The number of aromatic amines is 2. The van der Waals surface area contributed by atoms with Crippen LogP contribution in [-0.4, -0.2) is 119 Å². The lowest BCUT2D eigenvalue weighted by Gasteiger charge is -2.28. The molecule has 0 saturated heterocycles. The van der Waals surface area contributed by atoms with E-state index in [0.29, 0.717) is 28.3 Å². The van der Waals surface area contributed by atoms with Gasteiger partial charge >= 0.3 is 25.0 Å². The van der Waals surface area contributed by atoms with Crippen molar-refractivity contribution in [2.75, 3.05) is 26.2 Å². The monoisotopic (exact) mass is 1100 g/mol. The fraction of sp³-hybridized carbons (Fsp3) is 0.244. The molecule has 10 N–H and O–H groups in total. The third-order valence-electron chi connectivity index (χ3n) is 9.25. The number of carboxylic acids is 2. The second-order valence-corrected chi connectivity index (χ2v) is 17.3. The van der Waals surface area contributed by atoms with Crippen LogP contribution < -0.4 is 22.4 Å². The number of aliphatic hydroxyl groups is 2. The summed E-state index contributed by atoms with van der Waals surface area (Å²) in [6.07, 6.45) is 0. The number of carboxylic acid groups (broad SMARTS) is 2. The number of ketones is 1. The lowest BCUT2D eigenvalue weighted by molar-refractivity contribution is -0.165. The number of aromatic carboxylic acids is 1. The molecular weight excluding hydrogens is 1050 g/mol. The molecule has 0 unspecified atom stereocenters. The van der Waals surface area contributed by atoms with Crippen LogP contribution in [0, 0.1) is 11.6 Å². The Hall–Kier alpha value is -6.32. The number of hydrogen-bond acceptors (Lipinski definition) is 16. The van der Waals surface area contributed by atoms with Crippen LogP contribution in [0.1, 0.15) is 53.0 Å². The Kier molecular flexibility index (Phi) is 22.7. The van der Waals surface area contributed by atoms with E-state index in [0.717, 1.165) is 35.2 Å². The van der Waals surface area contributed by atoms with Crippen LogP contribution in [0.5, 0.6) is 0 Å². The van der Waals surface area contributed by atoms with Crippen LogP contribution in [-0.2, 0) is 27.4 Å². The number of aromatic nitrogens is 2. The Bertz CT molecular complexity index is 2840. The second-order valence-electron chi connectivity index (χ2n) is 15.5. The molecule has 0 radical (unpaired) electrons. The van der Waals surface area contributed by atoms with Gasteiger partial charge in [-0.2, -0.15) is 10.3 Å². The third kappa shape index (κ3) is 19.8. The Morgan fingerprint density at radius 1 is 0.761 bits per heavy atom. The van der Waals surface area contributed by atoms with E-state index < -0.39 is 64.8 Å². The molecule has 4 aromatic carbocycles. The first kappa shape index (κ1) is 59.0. The van der Waals surface area contributed by atoms with Gasteiger partial charge in [0.05, 0.1) is 31.8 Å². The molecule has 0 bridgehead atoms. The summed E-state index contributed by atoms with van der Waals surface area (Å²) in [6, 6.07) is 24.1. The largest absolute Gasteiger partial charge is 0.491 e. The molecule has 6 rings (SSSR count). The van der Waals surface area contributed by atoms with E-state index in [4.69, 9.17) is 53.5 Å². The number of esters is 1. The highest BCUT2D eigenvalue weighted by molar-refractivity contribution is 9.10. The van der Waals surface area contributed by atoms with E-state index in [2.05, 4.69) is 20.5 Å². The molecule has 2 atom stereocenters. The van der Waals surface area contributed by atoms with Gasteiger partial charge in [0.25, 0.3) is 11.1 Å². The van der Waals surface area contributed by atoms with Gasteiger partial charge in [-0.3, -0.25) is 25.1 Å². The highest BCUT2D eigenvalue weighted by Crippen LogP contribution is 2.27. The van der Waals surface area contributed by atoms with Crippen LogP contribution in [0.15, 0.2) is 120 Å². The molecule has 0 fully saturated rings. The van der Waals surface area contributed by atoms with Crippen molar-refractivity contribution in [3.05, 3.63) is 167 Å². The molecule has 2 aromatic heterocycles. The molecule has 0 aliphatic heterocycles. The van der Waals surface area contributed by atoms with Gasteiger partial charge in [0, 0.05) is 45.2 Å². The maximum Gasteiger partial charge on any atom is 0.491 e. The van der Waals surface area contributed by atoms with Gasteiger partial charge in [-0.05, 0) is 86.0 Å². The van der Waals surface area contributed by atoms with Crippen molar-refractivity contribution < 1.29 is 72.2 Å². The fourth-order valence-corrected chi connectivity index (χ4v) is 6.48. The highest BCUT2D eigenvalue weighted by atomic mass is 79.9. The van der Waals surface area contributed by atoms with Crippen molar-refractivity contribution in [3.8, 4) is 11.1 Å². The van der Waals surface area contributed by atoms with E-state index in [-0.39, 0.29) is 54.8 Å². The van der Waals surface area contributed by atoms with E-state index in [1.807, 2.05) is 34.6 Å². The van der Waals surface area contributed by atoms with E-state index in [1.54, 1.807) is 31.2 Å². The summed E-state index contributed by atoms with van der Waals surface area (Å²) in [5.74, 6) is 0.191. The number of ether oxygens (including phenoxy) is 1. The number of benzene rings is 4. The molecule has 0 saturated carbocycles. The number of rotatable bonds is 17. The topological polar surface area (TPSA) is 323 Å². The van der Waals surface area contributed by atoms with Crippen molar-refractivity contribution in [1.82, 2.24) is 20.2 Å². The average molecular weight is 1100 g/mol. The minimum atomic E-state index is -2.12. The normalized spacial score (nSPS) is 12.4. The summed E-state index contributed by atoms with van der Waals surface area (Å²) in [5.41, 5.74) is -2.49. The predicted octanol–water partition coefficient (Wildman–Crippen LogP) is 4.21. The zero-order chi connectivity index (χ0) is 53.2. The van der Waals surface area contributed by atoms with Crippen molar-refractivity contribution in [1.29, 1.82) is 0 Å². The molecule has 6 aromatic rings. The molecule has 71 heavy (non-hydrogen) atoms. The molecule has 26 heteroatoms. The van der Waals surface area contributed by atoms with Crippen LogP contribution >= 0.6 is 39.1 Å². The summed E-state index contributed by atoms with van der Waals surface area (Å²) < 4.78 is 41.5. The third-order valence-corrected chi connectivity index (χ3v) is 10.3. The Morgan fingerprint density at radius 2 is 1.28 bits per heavy atom. The summed E-state index contributed by atoms with van der Waals surface area (Å²) in [5, 5.41) is 60.7. The zero-order valence-corrected chi connectivity index (χ0v) is 40.9. The molecule has 2 heterocycles. The SMILES string of the molecule is CCOC(=O)[C@](C)(O)CN(N)Cc1ccc(Br)cc1.C[C@@](O)(CN(CC(=O)c1cc(=O)[nH]o1)Cc1ccc(-c2cc(Cl)ccc2F)cc1)C(=O)O.O=C(O)c1cc(=O)[nH]o1.OB(O)c1cc(Cl)ccc1F. The van der Waals surface area contributed by atoms with E-state index >= 15 is 0 Å². The number of nitrogens with one attached hydrogen (secondary N) is 2. The first-order chi connectivity index (χ1) is 33.2. The van der Waals surface area contributed by atoms with Crippen LogP contribution in [0.4, 0.5) is 8.78 Å². The number of nitrogens with two attached hydrogens (primary N) is 1. The number of nitrogens with zero attached hydrogens (tertiary/aromatic N) is 2. The molecule has 20 nitrogen and oxygen atoms in total. The molecular formula is C45H47BBrCl2F2N5O15. The number of carbonyl (C=O) groups excluding carboxylic acids is 2. The lowest BCUT2D eigenvalue weighted by atomic mass is 9.80. The van der Waals surface area contributed by atoms with E-state index in [9.17, 15) is 52.9 Å². The van der Waals surface area contributed by atoms with E-state index in [1.165, 1.54) is 47.2 Å². The lowest BCUT2D eigenvalue weighted by Crippen LogP contribution is -2.49. The smallest absolute Gasteiger partial charge is 0.479 e. The number of Topliss-reactive ketones (excluding diaryl/α,β-unsaturated/α-hetero) is 1. The summed E-state index contributed by atoms with van der Waals surface area (Å²) in [6.45, 7) is 4.29. The number of carbonyl (C=O) groups is 4. The van der Waals surface area contributed by atoms with Gasteiger partial charge in [-0.1, -0.05) is 75.5 Å². The summed E-state index contributed by atoms with van der Waals surface area (Å²) in [7, 11) is -1.81. The molecule has 0 spiro atoms. The van der Waals surface area contributed by atoms with Gasteiger partial charge in [0.15, 0.2) is 11.2 Å². The molecule has 0 amide bonds. The van der Waals surface area contributed by atoms with Gasteiger partial charge in [0.1, 0.15) is 11.6 Å². The molecule has 0 aliphatic carbocycles. The fourth-order valence-electron chi connectivity index (χ4n) is 5.87. The van der Waals surface area contributed by atoms with Gasteiger partial charge in [0.2, 0.25) is 17.3 Å². The standard InChI is InChI=1S/C22H20ClFN2O6.C13H19BrN2O3.C6H5BClFO2.C4H3NO4/c1-22(31,21(29)30)12-26(11-18(27)19-9-20(28)25-32-19)10-13-2-4-14(5-3-13)16-8-15(23)6-7-17(16)24;1-3-19-12(17)13(2,18)9-16(15)8-10-4-6-11(14)7-5-10;8-4-1-2-6(9)5(3-4)7(10)11;6-3-1-2(4(7)8)9-5-3/h2-9,31H,10-12H2,1H3,(H,25,28)(H,29,30);4-7,18H,3,8-9,15H2,1-2H3;1-3,10-11H;1H,(H,5,6)(H,7,8)/t22-;13-;;/m11../s1. The Labute approximate surface area is 421 Å². The first-order valence-corrected chi connectivity index (χ1v) is 22.1. The highest BCUT2D eigenvalue weighted by Gasteiger charge is 2.34. The van der Waals surface area contributed by atoms with Crippen LogP contribution in [0.25, 0.3) is 11.1 Å². The van der Waals surface area contributed by atoms with Crippen LogP contribution in [0.2, 0.25) is 10.0 Å². The predicted molar refractivity (Wildman–Crippen MR) is 258 cm³/mol. The van der Waals surface area contributed by atoms with Crippen molar-refractivity contribution in [2.24, 2.45) is 5.84 Å². The summed E-state index contributed by atoms with van der Waals surface area (Å²) >= 11 is 14.8. The van der Waals surface area contributed by atoms with Crippen molar-refractivity contribution in [2.45, 2.75) is 45.1 Å². The number of hydrazine groups is 1. The van der Waals surface area contributed by atoms with Crippen LogP contribution in [0.3, 0.4) is 0 Å². The molecule has 380 valence electrons. The Balaban J connectivity index is 0.000000286. The quantitative estimate of drug-likeness (QED) is 0.0203. The average Bonchev–Trinajstić information content (AvgIpc) is 3.95. The first-order valence-electron chi connectivity index (χ1n) is 20.5. The van der Waals surface area contributed by atoms with Gasteiger partial charge in [-0.15, -0.1) is 0 Å². The number of hydrogen-bond donors (Lipinski definition) is 9. The minimum absolute atomic E-state index is 0.00188. The van der Waals surface area contributed by atoms with Gasteiger partial charge in [-0.25, -0.2) is 28.2 Å². The van der Waals surface area contributed by atoms with Gasteiger partial charge < -0.3 is 44.3 Å². The number of aliphatic carboxylic acids is 1. The maximum absolute atomic E-state index is 14.1. The summed E-state index contributed by atoms with van der Waals surface area (Å²) in [4.78, 5) is 68.1. The maximum atomic E-state index is 14.1. The number of H-pyrrole nitrogens is 2. The zero-order valence-electron chi connectivity index (χ0n) is 37.8. The molecule has 0 aliphatic rings. The van der Waals surface area contributed by atoms with Crippen molar-refractivity contribution in [3.63, 3.8) is 0 Å². The second kappa shape index (κ2) is 27.3. The Morgan fingerprint density at radius 3 is 1.76 bits per heavy atom.